The van der Waals surface area contributed by atoms with Crippen molar-refractivity contribution in [3.05, 3.63) is 28.2 Å². The van der Waals surface area contributed by atoms with E-state index in [9.17, 15) is 9.59 Å². The summed E-state index contributed by atoms with van der Waals surface area (Å²) in [6, 6.07) is 5.55. The third-order valence-electron chi connectivity index (χ3n) is 3.03. The van der Waals surface area contributed by atoms with E-state index in [0.29, 0.717) is 12.2 Å². The lowest BCUT2D eigenvalue weighted by Crippen LogP contribution is -2.31. The van der Waals surface area contributed by atoms with Crippen molar-refractivity contribution in [2.75, 3.05) is 18.9 Å². The Labute approximate surface area is 128 Å². The number of hydrogen-bond donors (Lipinski definition) is 1. The number of anilines is 1. The summed E-state index contributed by atoms with van der Waals surface area (Å²) in [6.07, 6.45) is 1.87. The fraction of sp³-hybridized carbons (Fsp3) is 0.467. The van der Waals surface area contributed by atoms with Crippen LogP contribution in [0, 0.1) is 6.92 Å². The molecule has 0 aromatic heterocycles. The summed E-state index contributed by atoms with van der Waals surface area (Å²) in [5.41, 5.74) is 1.74. The maximum atomic E-state index is 11.8. The minimum absolute atomic E-state index is 0.116. The van der Waals surface area contributed by atoms with Gasteiger partial charge in [0.15, 0.2) is 0 Å². The normalized spacial score (nSPS) is 10.2. The van der Waals surface area contributed by atoms with Gasteiger partial charge >= 0.3 is 0 Å². The Hall–Kier alpha value is -1.36. The molecule has 0 saturated heterocycles. The summed E-state index contributed by atoms with van der Waals surface area (Å²) < 4.78 is 0.992. The van der Waals surface area contributed by atoms with Gasteiger partial charge in [0.05, 0.1) is 0 Å². The summed E-state index contributed by atoms with van der Waals surface area (Å²) in [6.45, 7) is 4.71. The highest BCUT2D eigenvalue weighted by molar-refractivity contribution is 9.10. The van der Waals surface area contributed by atoms with Gasteiger partial charge in [-0.05, 0) is 37.1 Å². The number of nitrogens with zero attached hydrogens (tertiary/aromatic N) is 1. The SMILES string of the molecule is CCCCN(C)C(=O)CC(=O)Nc1ccc(Br)c(C)c1. The molecule has 20 heavy (non-hydrogen) atoms. The molecule has 0 aliphatic heterocycles. The highest BCUT2D eigenvalue weighted by atomic mass is 79.9. The van der Waals surface area contributed by atoms with Gasteiger partial charge in [0.1, 0.15) is 6.42 Å². The Morgan fingerprint density at radius 3 is 2.65 bits per heavy atom. The number of unbranched alkanes of at least 4 members (excludes halogenated alkanes) is 1. The Balaban J connectivity index is 2.50. The van der Waals surface area contributed by atoms with Gasteiger partial charge in [-0.2, -0.15) is 0 Å². The van der Waals surface area contributed by atoms with Crippen molar-refractivity contribution in [2.24, 2.45) is 0 Å². The predicted molar refractivity (Wildman–Crippen MR) is 84.7 cm³/mol. The molecule has 0 aliphatic rings. The lowest BCUT2D eigenvalue weighted by molar-refractivity contribution is -0.133. The van der Waals surface area contributed by atoms with Crippen molar-refractivity contribution >= 4 is 33.4 Å². The van der Waals surface area contributed by atoms with Crippen LogP contribution in [0.25, 0.3) is 0 Å². The van der Waals surface area contributed by atoms with Crippen LogP contribution in [0.3, 0.4) is 0 Å². The van der Waals surface area contributed by atoms with Gasteiger partial charge in [-0.1, -0.05) is 29.3 Å². The van der Waals surface area contributed by atoms with E-state index in [0.717, 1.165) is 22.9 Å². The summed E-state index contributed by atoms with van der Waals surface area (Å²) in [4.78, 5) is 25.3. The number of benzene rings is 1. The zero-order valence-corrected chi connectivity index (χ0v) is 13.8. The fourth-order valence-corrected chi connectivity index (χ4v) is 1.97. The second-order valence-corrected chi connectivity index (χ2v) is 5.71. The highest BCUT2D eigenvalue weighted by Gasteiger charge is 2.13. The van der Waals surface area contributed by atoms with Crippen LogP contribution in [-0.4, -0.2) is 30.3 Å². The molecule has 4 nitrogen and oxygen atoms in total. The molecule has 0 bridgehead atoms. The van der Waals surface area contributed by atoms with E-state index < -0.39 is 0 Å². The number of hydrogen-bond acceptors (Lipinski definition) is 2. The van der Waals surface area contributed by atoms with E-state index in [2.05, 4.69) is 28.2 Å². The average Bonchev–Trinajstić information content (AvgIpc) is 2.40. The first-order valence-electron chi connectivity index (χ1n) is 6.74. The standard InChI is InChI=1S/C15H21BrN2O2/c1-4-5-8-18(3)15(20)10-14(19)17-12-6-7-13(16)11(2)9-12/h6-7,9H,4-5,8,10H2,1-3H3,(H,17,19). The maximum Gasteiger partial charge on any atom is 0.233 e. The minimum Gasteiger partial charge on any atom is -0.345 e. The molecule has 1 aromatic rings. The van der Waals surface area contributed by atoms with Gasteiger partial charge in [-0.25, -0.2) is 0 Å². The Kier molecular flexibility index (Phi) is 6.71. The van der Waals surface area contributed by atoms with Crippen LogP contribution in [0.2, 0.25) is 0 Å². The molecule has 0 aliphatic carbocycles. The number of aryl methyl sites for hydroxylation is 1. The molecule has 1 aromatic carbocycles. The average molecular weight is 341 g/mol. The quantitative estimate of drug-likeness (QED) is 0.807. The van der Waals surface area contributed by atoms with E-state index in [1.807, 2.05) is 19.1 Å². The number of carbonyl (C=O) groups excluding carboxylic acids is 2. The lowest BCUT2D eigenvalue weighted by atomic mass is 10.2. The first kappa shape index (κ1) is 16.7. The zero-order chi connectivity index (χ0) is 15.1. The van der Waals surface area contributed by atoms with Crippen molar-refractivity contribution in [1.29, 1.82) is 0 Å². The van der Waals surface area contributed by atoms with Gasteiger partial charge in [-0.15, -0.1) is 0 Å². The summed E-state index contributed by atoms with van der Waals surface area (Å²) in [7, 11) is 1.73. The molecule has 0 radical (unpaired) electrons. The van der Waals surface area contributed by atoms with E-state index in [-0.39, 0.29) is 18.2 Å². The van der Waals surface area contributed by atoms with E-state index in [1.165, 1.54) is 0 Å². The van der Waals surface area contributed by atoms with Crippen LogP contribution in [0.1, 0.15) is 31.7 Å². The summed E-state index contributed by atoms with van der Waals surface area (Å²) in [5.74, 6) is -0.426. The van der Waals surface area contributed by atoms with Crippen molar-refractivity contribution < 1.29 is 9.59 Å². The first-order chi connectivity index (χ1) is 9.43. The van der Waals surface area contributed by atoms with Gasteiger partial charge in [0.2, 0.25) is 11.8 Å². The number of nitrogens with one attached hydrogen (secondary N) is 1. The Morgan fingerprint density at radius 2 is 2.05 bits per heavy atom. The molecule has 0 spiro atoms. The number of halogens is 1. The molecule has 0 heterocycles. The van der Waals surface area contributed by atoms with Crippen molar-refractivity contribution in [3.8, 4) is 0 Å². The molecular formula is C15H21BrN2O2. The topological polar surface area (TPSA) is 49.4 Å². The van der Waals surface area contributed by atoms with Gasteiger partial charge < -0.3 is 10.2 Å². The van der Waals surface area contributed by atoms with Crippen molar-refractivity contribution in [3.63, 3.8) is 0 Å². The van der Waals surface area contributed by atoms with E-state index >= 15 is 0 Å². The van der Waals surface area contributed by atoms with Crippen LogP contribution in [0.15, 0.2) is 22.7 Å². The third kappa shape index (κ3) is 5.33. The largest absolute Gasteiger partial charge is 0.345 e. The number of amides is 2. The minimum atomic E-state index is -0.278. The first-order valence-corrected chi connectivity index (χ1v) is 7.53. The summed E-state index contributed by atoms with van der Waals surface area (Å²) >= 11 is 3.41. The number of rotatable bonds is 6. The molecule has 1 N–H and O–H groups in total. The zero-order valence-electron chi connectivity index (χ0n) is 12.2. The van der Waals surface area contributed by atoms with Crippen LogP contribution in [0.5, 0.6) is 0 Å². The predicted octanol–water partition coefficient (Wildman–Crippen LogP) is 3.34. The van der Waals surface area contributed by atoms with Crippen LogP contribution in [0.4, 0.5) is 5.69 Å². The second kappa shape index (κ2) is 8.04. The van der Waals surface area contributed by atoms with Gasteiger partial charge in [0.25, 0.3) is 0 Å². The molecule has 110 valence electrons. The maximum absolute atomic E-state index is 11.8. The molecule has 0 atom stereocenters. The van der Waals surface area contributed by atoms with Crippen molar-refractivity contribution in [2.45, 2.75) is 33.1 Å². The monoisotopic (exact) mass is 340 g/mol. The molecule has 0 unspecified atom stereocenters. The summed E-state index contributed by atoms with van der Waals surface area (Å²) in [5, 5.41) is 2.74. The van der Waals surface area contributed by atoms with Gasteiger partial charge in [0, 0.05) is 23.8 Å². The molecule has 2 amide bonds. The van der Waals surface area contributed by atoms with Gasteiger partial charge in [-0.3, -0.25) is 9.59 Å². The Bertz CT molecular complexity index is 489. The highest BCUT2D eigenvalue weighted by Crippen LogP contribution is 2.20. The molecular weight excluding hydrogens is 320 g/mol. The molecule has 0 fully saturated rings. The Morgan fingerprint density at radius 1 is 1.35 bits per heavy atom. The van der Waals surface area contributed by atoms with E-state index in [1.54, 1.807) is 18.0 Å². The molecule has 1 rings (SSSR count). The lowest BCUT2D eigenvalue weighted by Gasteiger charge is -2.16. The van der Waals surface area contributed by atoms with Crippen molar-refractivity contribution in [1.82, 2.24) is 4.90 Å². The van der Waals surface area contributed by atoms with E-state index in [4.69, 9.17) is 0 Å². The molecule has 0 saturated carbocycles. The second-order valence-electron chi connectivity index (χ2n) is 4.86. The van der Waals surface area contributed by atoms with Crippen LogP contribution in [-0.2, 0) is 9.59 Å². The van der Waals surface area contributed by atoms with Crippen LogP contribution >= 0.6 is 15.9 Å². The third-order valence-corrected chi connectivity index (χ3v) is 3.92. The molecule has 5 heteroatoms. The number of carbonyl (C=O) groups is 2. The van der Waals surface area contributed by atoms with Crippen LogP contribution < -0.4 is 5.32 Å². The smallest absolute Gasteiger partial charge is 0.233 e. The fourth-order valence-electron chi connectivity index (χ4n) is 1.72.